The predicted octanol–water partition coefficient (Wildman–Crippen LogP) is 0.644. The van der Waals surface area contributed by atoms with E-state index in [0.717, 1.165) is 11.8 Å². The lowest BCUT2D eigenvalue weighted by Crippen LogP contribution is -2.06. The summed E-state index contributed by atoms with van der Waals surface area (Å²) in [5.41, 5.74) is 6.96. The fourth-order valence-electron chi connectivity index (χ4n) is 0.977. The van der Waals surface area contributed by atoms with Gasteiger partial charge in [0, 0.05) is 11.1 Å². The highest BCUT2D eigenvalue weighted by Crippen LogP contribution is 2.08. The zero-order valence-corrected chi connectivity index (χ0v) is 7.70. The summed E-state index contributed by atoms with van der Waals surface area (Å²) in [6.45, 7) is 1.85. The average Bonchev–Trinajstić information content (AvgIpc) is 2.16. The molecule has 0 aromatic heterocycles. The standard InChI is InChI=1S/C11H9NO2/c1-8-2-3-9(7-13)6-10(8)4-5-11(12)14/h2-3,6-7H,1H3,(H2,12,14). The van der Waals surface area contributed by atoms with Crippen LogP contribution >= 0.6 is 0 Å². The van der Waals surface area contributed by atoms with Crippen molar-refractivity contribution in [1.29, 1.82) is 0 Å². The van der Waals surface area contributed by atoms with Gasteiger partial charge in [0.25, 0.3) is 5.91 Å². The predicted molar refractivity (Wildman–Crippen MR) is 52.6 cm³/mol. The van der Waals surface area contributed by atoms with Crippen molar-refractivity contribution in [1.82, 2.24) is 0 Å². The van der Waals surface area contributed by atoms with Gasteiger partial charge in [-0.05, 0) is 24.5 Å². The van der Waals surface area contributed by atoms with Gasteiger partial charge in [0.1, 0.15) is 6.29 Å². The average molecular weight is 187 g/mol. The molecule has 1 aromatic rings. The first-order chi connectivity index (χ1) is 6.63. The summed E-state index contributed by atoms with van der Waals surface area (Å²) < 4.78 is 0. The molecule has 0 saturated heterocycles. The van der Waals surface area contributed by atoms with E-state index in [1.54, 1.807) is 18.2 Å². The first kappa shape index (κ1) is 10.0. The number of carbonyl (C=O) groups excluding carboxylic acids is 2. The molecule has 2 N–H and O–H groups in total. The number of primary amides is 1. The largest absolute Gasteiger partial charge is 0.359 e. The van der Waals surface area contributed by atoms with E-state index in [1.807, 2.05) is 6.92 Å². The van der Waals surface area contributed by atoms with Gasteiger partial charge < -0.3 is 5.73 Å². The Labute approximate surface area is 81.9 Å². The third-order valence-electron chi connectivity index (χ3n) is 1.72. The molecule has 14 heavy (non-hydrogen) atoms. The minimum atomic E-state index is -0.680. The van der Waals surface area contributed by atoms with E-state index < -0.39 is 5.91 Å². The van der Waals surface area contributed by atoms with Crippen LogP contribution in [0.4, 0.5) is 0 Å². The van der Waals surface area contributed by atoms with Crippen molar-refractivity contribution >= 4 is 12.2 Å². The molecular formula is C11H9NO2. The van der Waals surface area contributed by atoms with Crippen LogP contribution in [0.2, 0.25) is 0 Å². The number of benzene rings is 1. The molecule has 0 bridgehead atoms. The number of nitrogens with two attached hydrogens (primary N) is 1. The highest BCUT2D eigenvalue weighted by molar-refractivity contribution is 5.92. The van der Waals surface area contributed by atoms with Crippen molar-refractivity contribution in [2.75, 3.05) is 0 Å². The fourth-order valence-corrected chi connectivity index (χ4v) is 0.977. The smallest absolute Gasteiger partial charge is 0.293 e. The van der Waals surface area contributed by atoms with Gasteiger partial charge in [0.2, 0.25) is 0 Å². The quantitative estimate of drug-likeness (QED) is 0.518. The van der Waals surface area contributed by atoms with Crippen LogP contribution in [0.15, 0.2) is 18.2 Å². The van der Waals surface area contributed by atoms with Gasteiger partial charge in [-0.3, -0.25) is 9.59 Å². The van der Waals surface area contributed by atoms with Crippen LogP contribution < -0.4 is 5.73 Å². The van der Waals surface area contributed by atoms with Crippen LogP contribution in [0.25, 0.3) is 0 Å². The zero-order chi connectivity index (χ0) is 10.6. The molecule has 3 nitrogen and oxygen atoms in total. The lowest BCUT2D eigenvalue weighted by Gasteiger charge is -1.97. The van der Waals surface area contributed by atoms with E-state index in [1.165, 1.54) is 0 Å². The Kier molecular flexibility index (Phi) is 3.03. The molecule has 0 saturated carbocycles. The molecule has 1 amide bonds. The molecule has 3 heteroatoms. The monoisotopic (exact) mass is 187 g/mol. The highest BCUT2D eigenvalue weighted by Gasteiger charge is 1.96. The first-order valence-electron chi connectivity index (χ1n) is 4.01. The summed E-state index contributed by atoms with van der Waals surface area (Å²) in [7, 11) is 0. The number of carbonyl (C=O) groups is 2. The second-order valence-electron chi connectivity index (χ2n) is 2.81. The number of aryl methyl sites for hydroxylation is 1. The Morgan fingerprint density at radius 3 is 2.79 bits per heavy atom. The van der Waals surface area contributed by atoms with Crippen LogP contribution in [-0.2, 0) is 4.79 Å². The molecule has 0 fully saturated rings. The molecule has 0 aliphatic carbocycles. The molecule has 0 aliphatic heterocycles. The van der Waals surface area contributed by atoms with Crippen LogP contribution in [-0.4, -0.2) is 12.2 Å². The van der Waals surface area contributed by atoms with Gasteiger partial charge >= 0.3 is 0 Å². The van der Waals surface area contributed by atoms with Gasteiger partial charge in [-0.1, -0.05) is 18.1 Å². The number of rotatable bonds is 1. The lowest BCUT2D eigenvalue weighted by molar-refractivity contribution is -0.112. The Morgan fingerprint density at radius 1 is 1.50 bits per heavy atom. The summed E-state index contributed by atoms with van der Waals surface area (Å²) in [4.78, 5) is 20.9. The van der Waals surface area contributed by atoms with Crippen molar-refractivity contribution in [3.63, 3.8) is 0 Å². The molecule has 0 heterocycles. The maximum Gasteiger partial charge on any atom is 0.293 e. The van der Waals surface area contributed by atoms with Crippen LogP contribution in [0.1, 0.15) is 21.5 Å². The van der Waals surface area contributed by atoms with Gasteiger partial charge in [0.15, 0.2) is 0 Å². The molecule has 0 atom stereocenters. The van der Waals surface area contributed by atoms with Gasteiger partial charge in [-0.2, -0.15) is 0 Å². The van der Waals surface area contributed by atoms with Crippen LogP contribution in [0, 0.1) is 18.8 Å². The Morgan fingerprint density at radius 2 is 2.21 bits per heavy atom. The second-order valence-corrected chi connectivity index (χ2v) is 2.81. The topological polar surface area (TPSA) is 60.2 Å². The second kappa shape index (κ2) is 4.24. The Hall–Kier alpha value is -2.08. The molecule has 0 radical (unpaired) electrons. The maximum atomic E-state index is 10.5. The summed E-state index contributed by atoms with van der Waals surface area (Å²) in [6, 6.07) is 5.09. The van der Waals surface area contributed by atoms with E-state index in [2.05, 4.69) is 11.8 Å². The molecule has 1 rings (SSSR count). The summed E-state index contributed by atoms with van der Waals surface area (Å²) >= 11 is 0. The molecule has 0 aliphatic rings. The van der Waals surface area contributed by atoms with Crippen molar-refractivity contribution in [2.45, 2.75) is 6.92 Å². The lowest BCUT2D eigenvalue weighted by atomic mass is 10.1. The number of hydrogen-bond donors (Lipinski definition) is 1. The van der Waals surface area contributed by atoms with Crippen molar-refractivity contribution in [3.05, 3.63) is 34.9 Å². The Balaban J connectivity index is 3.14. The highest BCUT2D eigenvalue weighted by atomic mass is 16.1. The number of hydrogen-bond acceptors (Lipinski definition) is 2. The first-order valence-corrected chi connectivity index (χ1v) is 4.01. The van der Waals surface area contributed by atoms with E-state index in [4.69, 9.17) is 5.73 Å². The van der Waals surface area contributed by atoms with Crippen LogP contribution in [0.5, 0.6) is 0 Å². The van der Waals surface area contributed by atoms with E-state index in [-0.39, 0.29) is 0 Å². The summed E-state index contributed by atoms with van der Waals surface area (Å²) in [5.74, 6) is 4.15. The molecule has 0 unspecified atom stereocenters. The number of aldehydes is 1. The van der Waals surface area contributed by atoms with E-state index in [0.29, 0.717) is 11.1 Å². The fraction of sp³-hybridized carbons (Fsp3) is 0.0909. The number of amides is 1. The molecule has 70 valence electrons. The minimum Gasteiger partial charge on any atom is -0.359 e. The Bertz CT molecular complexity index is 438. The summed E-state index contributed by atoms with van der Waals surface area (Å²) in [5, 5.41) is 0. The SMILES string of the molecule is Cc1ccc(C=O)cc1C#CC(N)=O. The maximum absolute atomic E-state index is 10.5. The van der Waals surface area contributed by atoms with Crippen LogP contribution in [0.3, 0.4) is 0 Å². The van der Waals surface area contributed by atoms with Crippen molar-refractivity contribution < 1.29 is 9.59 Å². The molecule has 0 spiro atoms. The van der Waals surface area contributed by atoms with Crippen molar-refractivity contribution in [2.24, 2.45) is 5.73 Å². The van der Waals surface area contributed by atoms with E-state index >= 15 is 0 Å². The normalized spacial score (nSPS) is 8.64. The van der Waals surface area contributed by atoms with Gasteiger partial charge in [-0.25, -0.2) is 0 Å². The minimum absolute atomic E-state index is 0.532. The third-order valence-corrected chi connectivity index (χ3v) is 1.72. The zero-order valence-electron chi connectivity index (χ0n) is 7.70. The third kappa shape index (κ3) is 2.46. The van der Waals surface area contributed by atoms with Gasteiger partial charge in [-0.15, -0.1) is 0 Å². The van der Waals surface area contributed by atoms with E-state index in [9.17, 15) is 9.59 Å². The summed E-state index contributed by atoms with van der Waals surface area (Å²) in [6.07, 6.45) is 0.731. The van der Waals surface area contributed by atoms with Gasteiger partial charge in [0.05, 0.1) is 0 Å². The molecule has 1 aromatic carbocycles. The molecular weight excluding hydrogens is 178 g/mol. The van der Waals surface area contributed by atoms with Crippen molar-refractivity contribution in [3.8, 4) is 11.8 Å².